The maximum Gasteiger partial charge on any atom is 0.209 e. The molecule has 4 nitrogen and oxygen atoms in total. The van der Waals surface area contributed by atoms with Crippen LogP contribution in [0.1, 0.15) is 70.9 Å². The van der Waals surface area contributed by atoms with Crippen molar-refractivity contribution >= 4 is 17.1 Å². The summed E-state index contributed by atoms with van der Waals surface area (Å²) in [5.74, 6) is 0. The summed E-state index contributed by atoms with van der Waals surface area (Å²) >= 11 is 0. The first kappa shape index (κ1) is 28.2. The van der Waals surface area contributed by atoms with Crippen molar-refractivity contribution in [3.05, 3.63) is 107 Å². The highest BCUT2D eigenvalue weighted by molar-refractivity contribution is 6.03. The quantitative estimate of drug-likeness (QED) is 0.276. The fraction of sp³-hybridized carbons (Fsp3) is 0.417. The van der Waals surface area contributed by atoms with Crippen LogP contribution in [0.2, 0.25) is 0 Å². The van der Waals surface area contributed by atoms with Gasteiger partial charge in [0.2, 0.25) is 5.69 Å². The lowest BCUT2D eigenvalue weighted by atomic mass is 9.81. The van der Waals surface area contributed by atoms with Crippen molar-refractivity contribution in [1.29, 1.82) is 0 Å². The van der Waals surface area contributed by atoms with Crippen LogP contribution in [0.5, 0.6) is 0 Å². The molecule has 40 heavy (non-hydrogen) atoms. The Kier molecular flexibility index (Phi) is 7.92. The second-order valence-corrected chi connectivity index (χ2v) is 12.5. The summed E-state index contributed by atoms with van der Waals surface area (Å²) in [5.41, 5.74) is 18.0. The fourth-order valence-electron chi connectivity index (χ4n) is 6.93. The third kappa shape index (κ3) is 4.99. The van der Waals surface area contributed by atoms with Gasteiger partial charge in [-0.15, -0.1) is 0 Å². The van der Waals surface area contributed by atoms with E-state index in [0.717, 1.165) is 45.2 Å². The molecule has 0 bridgehead atoms. The van der Waals surface area contributed by atoms with E-state index in [0.29, 0.717) is 0 Å². The monoisotopic (exact) mass is 535 g/mol. The van der Waals surface area contributed by atoms with Crippen LogP contribution in [0, 0.1) is 0 Å². The number of nitrogens with zero attached hydrogens (tertiary/aromatic N) is 2. The summed E-state index contributed by atoms with van der Waals surface area (Å²) in [7, 11) is 4.40. The van der Waals surface area contributed by atoms with Crippen LogP contribution in [0.25, 0.3) is 0 Å². The smallest absolute Gasteiger partial charge is 0.209 e. The minimum atomic E-state index is -0.0253. The topological polar surface area (TPSA) is 44.3 Å². The Labute approximate surface area is 241 Å². The van der Waals surface area contributed by atoms with E-state index >= 15 is 0 Å². The molecule has 0 fully saturated rings. The van der Waals surface area contributed by atoms with Crippen molar-refractivity contribution in [2.45, 2.75) is 70.6 Å². The summed E-state index contributed by atoms with van der Waals surface area (Å²) in [6.07, 6.45) is 15.0. The van der Waals surface area contributed by atoms with Crippen LogP contribution in [0.3, 0.4) is 0 Å². The maximum absolute atomic E-state index is 5.80. The molecule has 0 saturated heterocycles. The van der Waals surface area contributed by atoms with Crippen LogP contribution in [0.15, 0.2) is 95.4 Å². The van der Waals surface area contributed by atoms with Gasteiger partial charge in [-0.1, -0.05) is 62.4 Å². The van der Waals surface area contributed by atoms with E-state index in [1.807, 2.05) is 0 Å². The molecule has 210 valence electrons. The highest BCUT2D eigenvalue weighted by atomic mass is 15.2. The summed E-state index contributed by atoms with van der Waals surface area (Å²) in [6.45, 7) is 11.0. The number of nitrogens with one attached hydrogen (secondary N) is 1. The fourth-order valence-corrected chi connectivity index (χ4v) is 6.93. The zero-order chi connectivity index (χ0) is 28.5. The predicted octanol–water partition coefficient (Wildman–Crippen LogP) is 7.25. The van der Waals surface area contributed by atoms with Gasteiger partial charge in [0.25, 0.3) is 0 Å². The van der Waals surface area contributed by atoms with Gasteiger partial charge in [-0.2, -0.15) is 4.58 Å². The molecule has 1 aliphatic carbocycles. The number of hydrogen-bond acceptors (Lipinski definition) is 3. The molecule has 3 N–H and O–H groups in total. The van der Waals surface area contributed by atoms with E-state index in [9.17, 15) is 0 Å². The molecule has 2 aromatic rings. The third-order valence-corrected chi connectivity index (χ3v) is 9.23. The Morgan fingerprint density at radius 1 is 0.900 bits per heavy atom. The zero-order valence-electron chi connectivity index (χ0n) is 25.3. The van der Waals surface area contributed by atoms with Gasteiger partial charge >= 0.3 is 0 Å². The Morgan fingerprint density at radius 3 is 2.35 bits per heavy atom. The number of unbranched alkanes of at least 4 members (excludes halogenated alkanes) is 1. The van der Waals surface area contributed by atoms with E-state index in [1.54, 1.807) is 0 Å². The third-order valence-electron chi connectivity index (χ3n) is 9.23. The number of anilines is 1. The second-order valence-electron chi connectivity index (χ2n) is 12.5. The molecule has 2 aromatic carbocycles. The molecule has 0 atom stereocenters. The average molecular weight is 536 g/mol. The van der Waals surface area contributed by atoms with Crippen LogP contribution >= 0.6 is 0 Å². The van der Waals surface area contributed by atoms with E-state index in [-0.39, 0.29) is 10.8 Å². The van der Waals surface area contributed by atoms with E-state index in [4.69, 9.17) is 5.73 Å². The van der Waals surface area contributed by atoms with Gasteiger partial charge < -0.3 is 16.0 Å². The Balaban J connectivity index is 1.50. The van der Waals surface area contributed by atoms with Gasteiger partial charge in [0.1, 0.15) is 7.05 Å². The van der Waals surface area contributed by atoms with Gasteiger partial charge in [-0.05, 0) is 81.3 Å². The number of para-hydroxylation sites is 2. The first-order valence-electron chi connectivity index (χ1n) is 15.0. The summed E-state index contributed by atoms with van der Waals surface area (Å²) < 4.78 is 2.36. The van der Waals surface area contributed by atoms with Crippen molar-refractivity contribution in [3.63, 3.8) is 0 Å². The summed E-state index contributed by atoms with van der Waals surface area (Å²) in [4.78, 5) is 2.36. The molecule has 0 radical (unpaired) electrons. The van der Waals surface area contributed by atoms with Gasteiger partial charge in [-0.25, -0.2) is 0 Å². The lowest BCUT2D eigenvalue weighted by Crippen LogP contribution is -2.27. The van der Waals surface area contributed by atoms with Crippen molar-refractivity contribution < 1.29 is 4.58 Å². The maximum atomic E-state index is 5.80. The molecule has 0 unspecified atom stereocenters. The molecule has 5 rings (SSSR count). The number of hydrogen-bond donors (Lipinski definition) is 2. The predicted molar refractivity (Wildman–Crippen MR) is 171 cm³/mol. The SMILES string of the molecule is CN1/C(=C/C=C2\CCCC(/C=C/C3=[N+](C)c4ccccc4C3(C)C)=C2NCCCCN)C(C)(C)c2ccccc21. The highest BCUT2D eigenvalue weighted by Gasteiger charge is 2.42. The number of benzene rings is 2. The lowest BCUT2D eigenvalue weighted by molar-refractivity contribution is -0.401. The van der Waals surface area contributed by atoms with E-state index in [2.05, 4.69) is 129 Å². The van der Waals surface area contributed by atoms with Crippen molar-refractivity contribution in [1.82, 2.24) is 5.32 Å². The average Bonchev–Trinajstić information content (AvgIpc) is 3.27. The number of fused-ring (bicyclic) bond motifs is 2. The molecule has 4 heteroatoms. The van der Waals surface area contributed by atoms with Crippen molar-refractivity contribution in [2.75, 3.05) is 32.1 Å². The normalized spacial score (nSPS) is 21.6. The molecule has 0 spiro atoms. The highest BCUT2D eigenvalue weighted by Crippen LogP contribution is 2.47. The van der Waals surface area contributed by atoms with Gasteiger partial charge in [0.05, 0.1) is 5.41 Å². The molecule has 0 saturated carbocycles. The van der Waals surface area contributed by atoms with Gasteiger partial charge in [0.15, 0.2) is 5.71 Å². The Bertz CT molecular complexity index is 1430. The molecule has 0 amide bonds. The van der Waals surface area contributed by atoms with Crippen molar-refractivity contribution in [3.8, 4) is 0 Å². The molecule has 3 aliphatic rings. The zero-order valence-corrected chi connectivity index (χ0v) is 25.3. The standard InChI is InChI=1S/C36H46N4/c1-35(2)28-16-7-9-18-30(28)39(5)32(35)22-20-26-14-13-15-27(34(26)38-25-12-11-24-37)21-23-33-36(3,4)29-17-8-10-19-31(29)40(33)6/h7-10,16-23H,11-15,24-25,37H2,1-6H3/p+1/b26-20+,32-22+. The molecular weight excluding hydrogens is 488 g/mol. The largest absolute Gasteiger partial charge is 0.385 e. The molecule has 0 aromatic heterocycles. The van der Waals surface area contributed by atoms with Crippen LogP contribution in [-0.2, 0) is 10.8 Å². The van der Waals surface area contributed by atoms with Crippen LogP contribution < -0.4 is 16.0 Å². The van der Waals surface area contributed by atoms with E-state index in [1.165, 1.54) is 50.8 Å². The number of allylic oxidation sites excluding steroid dienone is 7. The Morgan fingerprint density at radius 2 is 1.62 bits per heavy atom. The minimum Gasteiger partial charge on any atom is -0.385 e. The first-order chi connectivity index (χ1) is 19.2. The van der Waals surface area contributed by atoms with Gasteiger partial charge in [0, 0.05) is 53.8 Å². The number of rotatable bonds is 8. The van der Waals surface area contributed by atoms with Crippen LogP contribution in [0.4, 0.5) is 11.4 Å². The molecular formula is C36H47N4+. The van der Waals surface area contributed by atoms with Crippen molar-refractivity contribution in [2.24, 2.45) is 5.73 Å². The van der Waals surface area contributed by atoms with Crippen LogP contribution in [-0.4, -0.2) is 37.5 Å². The number of likely N-dealkylation sites (N-methyl/N-ethyl adjacent to an activating group) is 1. The Hall–Kier alpha value is -3.37. The van der Waals surface area contributed by atoms with Gasteiger partial charge in [-0.3, -0.25) is 0 Å². The first-order valence-corrected chi connectivity index (χ1v) is 15.0. The molecule has 2 heterocycles. The summed E-state index contributed by atoms with van der Waals surface area (Å²) in [5, 5.41) is 3.84. The lowest BCUT2D eigenvalue weighted by Gasteiger charge is -2.25. The minimum absolute atomic E-state index is 0.0253. The molecule has 2 aliphatic heterocycles. The summed E-state index contributed by atoms with van der Waals surface area (Å²) in [6, 6.07) is 17.6. The number of nitrogens with two attached hydrogens (primary N) is 1. The van der Waals surface area contributed by atoms with E-state index < -0.39 is 0 Å². The second kappa shape index (κ2) is 11.2.